The van der Waals surface area contributed by atoms with Crippen LogP contribution in [0.2, 0.25) is 0 Å². The van der Waals surface area contributed by atoms with Crippen LogP contribution in [0.15, 0.2) is 42.5 Å². The Morgan fingerprint density at radius 2 is 1.89 bits per heavy atom. The first-order valence-electron chi connectivity index (χ1n) is 6.38. The van der Waals surface area contributed by atoms with Crippen molar-refractivity contribution in [3.05, 3.63) is 53.8 Å². The average Bonchev–Trinajstić information content (AvgIpc) is 2.45. The molecule has 0 aliphatic heterocycles. The standard InChI is InChI=1S/C16H18FNO/c1-3-18-11-12-6-4-5-7-14(12)15-10-13(17)8-9-16(15)19-2/h4-10,18H,3,11H2,1-2H3. The molecule has 1 N–H and O–H groups in total. The molecule has 2 aromatic carbocycles. The lowest BCUT2D eigenvalue weighted by molar-refractivity contribution is 0.415. The van der Waals surface area contributed by atoms with Crippen molar-refractivity contribution < 1.29 is 9.13 Å². The van der Waals surface area contributed by atoms with Gasteiger partial charge in [-0.3, -0.25) is 0 Å². The largest absolute Gasteiger partial charge is 0.496 e. The van der Waals surface area contributed by atoms with Gasteiger partial charge in [-0.25, -0.2) is 4.39 Å². The van der Waals surface area contributed by atoms with Crippen LogP contribution in [0.25, 0.3) is 11.1 Å². The fourth-order valence-electron chi connectivity index (χ4n) is 2.09. The molecule has 0 saturated heterocycles. The fourth-order valence-corrected chi connectivity index (χ4v) is 2.09. The van der Waals surface area contributed by atoms with Crippen LogP contribution in [0.1, 0.15) is 12.5 Å². The lowest BCUT2D eigenvalue weighted by Gasteiger charge is -2.13. The minimum atomic E-state index is -0.256. The molecule has 3 heteroatoms. The highest BCUT2D eigenvalue weighted by atomic mass is 19.1. The number of halogens is 1. The summed E-state index contributed by atoms with van der Waals surface area (Å²) in [5, 5.41) is 3.29. The van der Waals surface area contributed by atoms with E-state index in [4.69, 9.17) is 4.74 Å². The van der Waals surface area contributed by atoms with Crippen LogP contribution in [0.5, 0.6) is 5.75 Å². The third kappa shape index (κ3) is 3.12. The number of nitrogens with one attached hydrogen (secondary N) is 1. The van der Waals surface area contributed by atoms with Crippen LogP contribution in [-0.2, 0) is 6.54 Å². The van der Waals surface area contributed by atoms with Gasteiger partial charge in [-0.15, -0.1) is 0 Å². The van der Waals surface area contributed by atoms with Crippen molar-refractivity contribution in [1.29, 1.82) is 0 Å². The Morgan fingerprint density at radius 1 is 1.11 bits per heavy atom. The molecule has 100 valence electrons. The first-order chi connectivity index (χ1) is 9.26. The Balaban J connectivity index is 2.48. The van der Waals surface area contributed by atoms with Crippen LogP contribution in [0.4, 0.5) is 4.39 Å². The average molecular weight is 259 g/mol. The maximum atomic E-state index is 13.5. The molecule has 0 amide bonds. The Kier molecular flexibility index (Phi) is 4.53. The zero-order chi connectivity index (χ0) is 13.7. The summed E-state index contributed by atoms with van der Waals surface area (Å²) in [7, 11) is 1.60. The number of rotatable bonds is 5. The molecular formula is C16H18FNO. The van der Waals surface area contributed by atoms with Gasteiger partial charge in [0.15, 0.2) is 0 Å². The van der Waals surface area contributed by atoms with Crippen LogP contribution >= 0.6 is 0 Å². The number of ether oxygens (including phenoxy) is 1. The Labute approximate surface area is 113 Å². The Morgan fingerprint density at radius 3 is 2.63 bits per heavy atom. The van der Waals surface area contributed by atoms with Gasteiger partial charge in [-0.2, -0.15) is 0 Å². The summed E-state index contributed by atoms with van der Waals surface area (Å²) >= 11 is 0. The molecule has 0 saturated carbocycles. The van der Waals surface area contributed by atoms with Crippen molar-refractivity contribution in [2.45, 2.75) is 13.5 Å². The topological polar surface area (TPSA) is 21.3 Å². The highest BCUT2D eigenvalue weighted by Crippen LogP contribution is 2.32. The predicted octanol–water partition coefficient (Wildman–Crippen LogP) is 3.61. The third-order valence-corrected chi connectivity index (χ3v) is 3.03. The maximum absolute atomic E-state index is 13.5. The Hall–Kier alpha value is -1.87. The molecule has 0 spiro atoms. The van der Waals surface area contributed by atoms with Gasteiger partial charge in [0.1, 0.15) is 11.6 Å². The van der Waals surface area contributed by atoms with Crippen molar-refractivity contribution in [2.75, 3.05) is 13.7 Å². The van der Waals surface area contributed by atoms with Crippen LogP contribution in [0, 0.1) is 5.82 Å². The summed E-state index contributed by atoms with van der Waals surface area (Å²) in [4.78, 5) is 0. The minimum absolute atomic E-state index is 0.256. The lowest BCUT2D eigenvalue weighted by Crippen LogP contribution is -2.12. The molecule has 0 radical (unpaired) electrons. The van der Waals surface area contributed by atoms with Crippen molar-refractivity contribution >= 4 is 0 Å². The minimum Gasteiger partial charge on any atom is -0.496 e. The summed E-state index contributed by atoms with van der Waals surface area (Å²) in [5.41, 5.74) is 2.92. The van der Waals surface area contributed by atoms with Crippen molar-refractivity contribution in [3.8, 4) is 16.9 Å². The van der Waals surface area contributed by atoms with E-state index in [-0.39, 0.29) is 5.82 Å². The molecular weight excluding hydrogens is 241 g/mol. The van der Waals surface area contributed by atoms with Gasteiger partial charge >= 0.3 is 0 Å². The summed E-state index contributed by atoms with van der Waals surface area (Å²) in [6.07, 6.45) is 0. The molecule has 2 rings (SSSR count). The number of benzene rings is 2. The molecule has 0 atom stereocenters. The van der Waals surface area contributed by atoms with Crippen molar-refractivity contribution in [2.24, 2.45) is 0 Å². The van der Waals surface area contributed by atoms with E-state index in [1.54, 1.807) is 13.2 Å². The first-order valence-corrected chi connectivity index (χ1v) is 6.38. The van der Waals surface area contributed by atoms with E-state index in [0.717, 1.165) is 29.8 Å². The number of methoxy groups -OCH3 is 1. The second-order valence-electron chi connectivity index (χ2n) is 4.28. The fraction of sp³-hybridized carbons (Fsp3) is 0.250. The molecule has 0 bridgehead atoms. The van der Waals surface area contributed by atoms with Crippen LogP contribution in [0.3, 0.4) is 0 Å². The third-order valence-electron chi connectivity index (χ3n) is 3.03. The van der Waals surface area contributed by atoms with Gasteiger partial charge in [0.2, 0.25) is 0 Å². The normalized spacial score (nSPS) is 10.5. The molecule has 2 nitrogen and oxygen atoms in total. The predicted molar refractivity (Wildman–Crippen MR) is 75.8 cm³/mol. The lowest BCUT2D eigenvalue weighted by atomic mass is 9.98. The molecule has 0 aromatic heterocycles. The molecule has 0 unspecified atom stereocenters. The Bertz CT molecular complexity index is 554. The summed E-state index contributed by atoms with van der Waals surface area (Å²) in [5.74, 6) is 0.430. The van der Waals surface area contributed by atoms with Gasteiger partial charge in [-0.05, 0) is 35.9 Å². The van der Waals surface area contributed by atoms with Gasteiger partial charge in [0.25, 0.3) is 0 Å². The molecule has 0 aliphatic carbocycles. The van der Waals surface area contributed by atoms with E-state index < -0.39 is 0 Å². The van der Waals surface area contributed by atoms with Crippen molar-refractivity contribution in [3.63, 3.8) is 0 Å². The highest BCUT2D eigenvalue weighted by molar-refractivity contribution is 5.73. The van der Waals surface area contributed by atoms with E-state index in [0.29, 0.717) is 5.75 Å². The van der Waals surface area contributed by atoms with Gasteiger partial charge in [0.05, 0.1) is 7.11 Å². The van der Waals surface area contributed by atoms with E-state index in [1.165, 1.54) is 12.1 Å². The zero-order valence-corrected chi connectivity index (χ0v) is 11.2. The van der Waals surface area contributed by atoms with Crippen molar-refractivity contribution in [1.82, 2.24) is 5.32 Å². The van der Waals surface area contributed by atoms with E-state index >= 15 is 0 Å². The quantitative estimate of drug-likeness (QED) is 0.885. The second-order valence-corrected chi connectivity index (χ2v) is 4.28. The summed E-state index contributed by atoms with van der Waals surface area (Å²) < 4.78 is 18.8. The SMILES string of the molecule is CCNCc1ccccc1-c1cc(F)ccc1OC. The van der Waals surface area contributed by atoms with E-state index in [1.807, 2.05) is 24.3 Å². The van der Waals surface area contributed by atoms with Gasteiger partial charge < -0.3 is 10.1 Å². The van der Waals surface area contributed by atoms with E-state index in [2.05, 4.69) is 12.2 Å². The monoisotopic (exact) mass is 259 g/mol. The molecule has 0 fully saturated rings. The smallest absolute Gasteiger partial charge is 0.126 e. The summed E-state index contributed by atoms with van der Waals surface area (Å²) in [6, 6.07) is 12.6. The molecule has 0 heterocycles. The van der Waals surface area contributed by atoms with E-state index in [9.17, 15) is 4.39 Å². The zero-order valence-electron chi connectivity index (χ0n) is 11.2. The molecule has 0 aliphatic rings. The van der Waals surface area contributed by atoms with Gasteiger partial charge in [0, 0.05) is 12.1 Å². The van der Waals surface area contributed by atoms with Crippen LogP contribution < -0.4 is 10.1 Å². The first kappa shape index (κ1) is 13.6. The highest BCUT2D eigenvalue weighted by Gasteiger charge is 2.10. The number of hydrogen-bond donors (Lipinski definition) is 1. The number of hydrogen-bond acceptors (Lipinski definition) is 2. The second kappa shape index (κ2) is 6.34. The van der Waals surface area contributed by atoms with Gasteiger partial charge in [-0.1, -0.05) is 31.2 Å². The summed E-state index contributed by atoms with van der Waals surface area (Å²) in [6.45, 7) is 3.71. The maximum Gasteiger partial charge on any atom is 0.126 e. The van der Waals surface area contributed by atoms with Crippen LogP contribution in [-0.4, -0.2) is 13.7 Å². The molecule has 2 aromatic rings. The molecule has 19 heavy (non-hydrogen) atoms.